The largest absolute Gasteiger partial charge is 0.370 e. The van der Waals surface area contributed by atoms with E-state index in [2.05, 4.69) is 45.4 Å². The van der Waals surface area contributed by atoms with Crippen molar-refractivity contribution in [1.82, 2.24) is 14.8 Å². The van der Waals surface area contributed by atoms with E-state index in [0.29, 0.717) is 12.0 Å². The van der Waals surface area contributed by atoms with Crippen LogP contribution in [0.3, 0.4) is 0 Å². The Morgan fingerprint density at radius 2 is 2.00 bits per heavy atom. The Morgan fingerprint density at radius 3 is 2.52 bits per heavy atom. The Bertz CT molecular complexity index is 455. The number of likely N-dealkylation sites (N-methyl/N-ethyl adjacent to an activating group) is 1. The summed E-state index contributed by atoms with van der Waals surface area (Å²) in [5, 5.41) is 3.12. The fraction of sp³-hybridized carbons (Fsp3) is 0.733. The van der Waals surface area contributed by atoms with E-state index in [0.717, 1.165) is 50.9 Å². The zero-order chi connectivity index (χ0) is 15.9. The highest BCUT2D eigenvalue weighted by atomic mass is 127. The van der Waals surface area contributed by atoms with E-state index < -0.39 is 0 Å². The van der Waals surface area contributed by atoms with Crippen molar-refractivity contribution in [2.24, 2.45) is 10.7 Å². The Hall–Kier alpha value is -0.610. The number of rotatable bonds is 6. The molecule has 0 amide bonds. The van der Waals surface area contributed by atoms with Crippen molar-refractivity contribution in [2.75, 3.05) is 50.7 Å². The highest BCUT2D eigenvalue weighted by Gasteiger charge is 2.20. The van der Waals surface area contributed by atoms with Gasteiger partial charge in [0.1, 0.15) is 0 Å². The Kier molecular flexibility index (Phi) is 9.15. The Balaban J connectivity index is 0.00000264. The Labute approximate surface area is 160 Å². The average Bonchev–Trinajstić information content (AvgIpc) is 3.08. The molecule has 2 heterocycles. The van der Waals surface area contributed by atoms with Crippen LogP contribution in [-0.4, -0.2) is 72.6 Å². The Morgan fingerprint density at radius 1 is 1.35 bits per heavy atom. The lowest BCUT2D eigenvalue weighted by Gasteiger charge is -2.35. The minimum atomic E-state index is 0. The van der Waals surface area contributed by atoms with E-state index in [1.165, 1.54) is 0 Å². The first-order valence-corrected chi connectivity index (χ1v) is 8.97. The predicted molar refractivity (Wildman–Crippen MR) is 110 cm³/mol. The molecule has 1 aliphatic rings. The summed E-state index contributed by atoms with van der Waals surface area (Å²) in [6.45, 7) is 13.2. The molecule has 1 fully saturated rings. The van der Waals surface area contributed by atoms with Crippen LogP contribution in [0.15, 0.2) is 16.6 Å². The van der Waals surface area contributed by atoms with Crippen LogP contribution in [0.4, 0.5) is 5.13 Å². The molecule has 8 heteroatoms. The number of guanidine groups is 1. The second-order valence-corrected chi connectivity index (χ2v) is 6.43. The van der Waals surface area contributed by atoms with E-state index in [9.17, 15) is 0 Å². The SMILES string of the molecule is CCN(CC)C(C)CN=C(N)N1CCN(c2nccs2)CC1.I. The smallest absolute Gasteiger partial charge is 0.191 e. The standard InChI is InChI=1S/C15H28N6S.HI/c1-4-19(5-2)13(3)12-18-14(16)20-7-9-21(10-8-20)15-17-6-11-22-15;/h6,11,13H,4-5,7-10,12H2,1-3H3,(H2,16,18);1H. The summed E-state index contributed by atoms with van der Waals surface area (Å²) in [7, 11) is 0. The maximum Gasteiger partial charge on any atom is 0.191 e. The van der Waals surface area contributed by atoms with Crippen LogP contribution in [0, 0.1) is 0 Å². The van der Waals surface area contributed by atoms with Crippen LogP contribution in [0.1, 0.15) is 20.8 Å². The quantitative estimate of drug-likeness (QED) is 0.406. The minimum absolute atomic E-state index is 0. The number of anilines is 1. The van der Waals surface area contributed by atoms with E-state index in [1.807, 2.05) is 11.6 Å². The van der Waals surface area contributed by atoms with Gasteiger partial charge in [-0.25, -0.2) is 4.98 Å². The normalized spacial score (nSPS) is 17.3. The molecule has 6 nitrogen and oxygen atoms in total. The number of nitrogens with two attached hydrogens (primary N) is 1. The fourth-order valence-electron chi connectivity index (χ4n) is 2.79. The van der Waals surface area contributed by atoms with Gasteiger partial charge in [-0.3, -0.25) is 9.89 Å². The third-order valence-electron chi connectivity index (χ3n) is 4.25. The van der Waals surface area contributed by atoms with Crippen LogP contribution >= 0.6 is 35.3 Å². The average molecular weight is 452 g/mol. The molecule has 2 N–H and O–H groups in total. The van der Waals surface area contributed by atoms with Crippen LogP contribution in [0.5, 0.6) is 0 Å². The number of nitrogens with zero attached hydrogens (tertiary/aromatic N) is 5. The molecule has 1 aromatic rings. The van der Waals surface area contributed by atoms with Crippen LogP contribution in [-0.2, 0) is 0 Å². The number of aromatic nitrogens is 1. The molecule has 0 bridgehead atoms. The van der Waals surface area contributed by atoms with E-state index in [-0.39, 0.29) is 24.0 Å². The van der Waals surface area contributed by atoms with Gasteiger partial charge < -0.3 is 15.5 Å². The van der Waals surface area contributed by atoms with Crippen molar-refractivity contribution >= 4 is 46.4 Å². The second-order valence-electron chi connectivity index (χ2n) is 5.56. The number of halogens is 1. The molecule has 1 aromatic heterocycles. The van der Waals surface area contributed by atoms with E-state index in [1.54, 1.807) is 11.3 Å². The third-order valence-corrected chi connectivity index (χ3v) is 5.08. The first kappa shape index (κ1) is 20.4. The van der Waals surface area contributed by atoms with Gasteiger partial charge in [-0.2, -0.15) is 0 Å². The van der Waals surface area contributed by atoms with Crippen molar-refractivity contribution in [2.45, 2.75) is 26.8 Å². The molecule has 0 aromatic carbocycles. The molecule has 23 heavy (non-hydrogen) atoms. The number of hydrogen-bond donors (Lipinski definition) is 1. The van der Waals surface area contributed by atoms with E-state index >= 15 is 0 Å². The molecule has 1 saturated heterocycles. The number of piperazine rings is 1. The number of thiazole rings is 1. The van der Waals surface area contributed by atoms with Crippen molar-refractivity contribution in [3.8, 4) is 0 Å². The summed E-state index contributed by atoms with van der Waals surface area (Å²) < 4.78 is 0. The first-order chi connectivity index (χ1) is 10.7. The van der Waals surface area contributed by atoms with Crippen molar-refractivity contribution < 1.29 is 0 Å². The van der Waals surface area contributed by atoms with Crippen molar-refractivity contribution in [3.63, 3.8) is 0 Å². The lowest BCUT2D eigenvalue weighted by molar-refractivity contribution is 0.236. The molecular formula is C15H29IN6S. The van der Waals surface area contributed by atoms with Crippen LogP contribution < -0.4 is 10.6 Å². The van der Waals surface area contributed by atoms with Crippen molar-refractivity contribution in [3.05, 3.63) is 11.6 Å². The minimum Gasteiger partial charge on any atom is -0.370 e. The third kappa shape index (κ3) is 5.75. The number of aliphatic imine (C=N–C) groups is 1. The molecular weight excluding hydrogens is 423 g/mol. The highest BCUT2D eigenvalue weighted by molar-refractivity contribution is 14.0. The molecule has 0 spiro atoms. The molecule has 0 aliphatic carbocycles. The lowest BCUT2D eigenvalue weighted by Crippen LogP contribution is -2.51. The molecule has 132 valence electrons. The van der Waals surface area contributed by atoms with Gasteiger partial charge >= 0.3 is 0 Å². The predicted octanol–water partition coefficient (Wildman–Crippen LogP) is 1.93. The summed E-state index contributed by atoms with van der Waals surface area (Å²) in [6, 6.07) is 0.435. The van der Waals surface area contributed by atoms with Gasteiger partial charge in [0.05, 0.1) is 6.54 Å². The summed E-state index contributed by atoms with van der Waals surface area (Å²) in [4.78, 5) is 15.9. The van der Waals surface area contributed by atoms with Gasteiger partial charge in [0, 0.05) is 43.8 Å². The van der Waals surface area contributed by atoms with Crippen LogP contribution in [0.2, 0.25) is 0 Å². The van der Waals surface area contributed by atoms with Gasteiger partial charge in [-0.15, -0.1) is 35.3 Å². The van der Waals surface area contributed by atoms with Crippen LogP contribution in [0.25, 0.3) is 0 Å². The molecule has 1 atom stereocenters. The summed E-state index contributed by atoms with van der Waals surface area (Å²) >= 11 is 1.69. The van der Waals surface area contributed by atoms with Gasteiger partial charge in [0.15, 0.2) is 11.1 Å². The van der Waals surface area contributed by atoms with Gasteiger partial charge in [-0.1, -0.05) is 13.8 Å². The second kappa shape index (κ2) is 10.3. The van der Waals surface area contributed by atoms with Gasteiger partial charge in [-0.05, 0) is 20.0 Å². The van der Waals surface area contributed by atoms with Crippen molar-refractivity contribution in [1.29, 1.82) is 0 Å². The first-order valence-electron chi connectivity index (χ1n) is 8.09. The zero-order valence-electron chi connectivity index (χ0n) is 14.3. The zero-order valence-corrected chi connectivity index (χ0v) is 17.5. The molecule has 1 aliphatic heterocycles. The summed E-state index contributed by atoms with van der Waals surface area (Å²) in [5.74, 6) is 0.679. The van der Waals surface area contributed by atoms with Gasteiger partial charge in [0.25, 0.3) is 0 Å². The van der Waals surface area contributed by atoms with E-state index in [4.69, 9.17) is 5.73 Å². The summed E-state index contributed by atoms with van der Waals surface area (Å²) in [5.41, 5.74) is 6.17. The molecule has 0 radical (unpaired) electrons. The molecule has 2 rings (SSSR count). The van der Waals surface area contributed by atoms with Gasteiger partial charge in [0.2, 0.25) is 0 Å². The highest BCUT2D eigenvalue weighted by Crippen LogP contribution is 2.18. The lowest BCUT2D eigenvalue weighted by atomic mass is 10.3. The maximum atomic E-state index is 6.17. The molecule has 1 unspecified atom stereocenters. The fourth-order valence-corrected chi connectivity index (χ4v) is 3.48. The maximum absolute atomic E-state index is 6.17. The molecule has 0 saturated carbocycles. The number of hydrogen-bond acceptors (Lipinski definition) is 5. The summed E-state index contributed by atoms with van der Waals surface area (Å²) in [6.07, 6.45) is 1.86. The monoisotopic (exact) mass is 452 g/mol. The topological polar surface area (TPSA) is 61.0 Å².